The van der Waals surface area contributed by atoms with Crippen LogP contribution in [0.2, 0.25) is 0 Å². The van der Waals surface area contributed by atoms with Gasteiger partial charge in [0.05, 0.1) is 0 Å². The van der Waals surface area contributed by atoms with E-state index in [9.17, 15) is 4.79 Å². The fourth-order valence-electron chi connectivity index (χ4n) is 0.729. The van der Waals surface area contributed by atoms with E-state index in [0.717, 1.165) is 0 Å². The van der Waals surface area contributed by atoms with Crippen molar-refractivity contribution in [2.24, 2.45) is 5.92 Å². The number of rotatable bonds is 2. The predicted molar refractivity (Wildman–Crippen MR) is 44.6 cm³/mol. The monoisotopic (exact) mass is 158 g/mol. The maximum absolute atomic E-state index is 10.8. The molecule has 0 aromatic rings. The van der Waals surface area contributed by atoms with Crippen molar-refractivity contribution in [3.8, 4) is 0 Å². The summed E-state index contributed by atoms with van der Waals surface area (Å²) in [6, 6.07) is 0. The van der Waals surface area contributed by atoms with Crippen LogP contribution in [0.4, 0.5) is 0 Å². The van der Waals surface area contributed by atoms with Gasteiger partial charge >= 0.3 is 5.97 Å². The molecule has 0 aromatic carbocycles. The summed E-state index contributed by atoms with van der Waals surface area (Å²) in [5.41, 5.74) is 0.713. The van der Waals surface area contributed by atoms with E-state index in [0.29, 0.717) is 22.0 Å². The highest BCUT2D eigenvalue weighted by atomic mass is 28.2. The third-order valence-electron chi connectivity index (χ3n) is 1.09. The van der Waals surface area contributed by atoms with Gasteiger partial charge < -0.3 is 4.43 Å². The second-order valence-corrected chi connectivity index (χ2v) is 2.99. The van der Waals surface area contributed by atoms with Gasteiger partial charge in [-0.15, -0.1) is 0 Å². The molecule has 0 amide bonds. The third kappa shape index (κ3) is 3.45. The maximum atomic E-state index is 10.8. The molecule has 10 heavy (non-hydrogen) atoms. The SMILES string of the molecule is CC(=CC(C)C)C(=O)O[SiH3]. The standard InChI is InChI=1S/C7H14O2Si/c1-5(2)4-6(3)7(8)9-10/h4-5H,1-3,10H3. The molecule has 0 bridgehead atoms. The normalized spacial score (nSPS) is 12.2. The highest BCUT2D eigenvalue weighted by Gasteiger charge is 2.01. The summed E-state index contributed by atoms with van der Waals surface area (Å²) in [5.74, 6) is 0.237. The molecule has 0 aliphatic carbocycles. The van der Waals surface area contributed by atoms with Gasteiger partial charge in [-0.1, -0.05) is 19.9 Å². The van der Waals surface area contributed by atoms with Gasteiger partial charge in [0.25, 0.3) is 0 Å². The number of carbonyl (C=O) groups excluding carboxylic acids is 1. The molecule has 0 unspecified atom stereocenters. The third-order valence-corrected chi connectivity index (χ3v) is 1.46. The lowest BCUT2D eigenvalue weighted by Crippen LogP contribution is -2.03. The van der Waals surface area contributed by atoms with Crippen LogP contribution in [-0.2, 0) is 9.22 Å². The molecule has 58 valence electrons. The molecule has 0 aliphatic heterocycles. The molecule has 0 saturated heterocycles. The Labute approximate surface area is 64.8 Å². The van der Waals surface area contributed by atoms with Crippen molar-refractivity contribution in [2.75, 3.05) is 0 Å². The summed E-state index contributed by atoms with van der Waals surface area (Å²) in [7, 11) is 0.481. The molecule has 0 aliphatic rings. The molecule has 0 fully saturated rings. The molecule has 0 atom stereocenters. The molecule has 3 heteroatoms. The van der Waals surface area contributed by atoms with Crippen LogP contribution in [0, 0.1) is 5.92 Å². The summed E-state index contributed by atoms with van der Waals surface area (Å²) < 4.78 is 4.64. The minimum absolute atomic E-state index is 0.180. The summed E-state index contributed by atoms with van der Waals surface area (Å²) in [4.78, 5) is 10.8. The van der Waals surface area contributed by atoms with Crippen LogP contribution in [0.3, 0.4) is 0 Å². The summed E-state index contributed by atoms with van der Waals surface area (Å²) in [5, 5.41) is 0. The molecular formula is C7H14O2Si. The lowest BCUT2D eigenvalue weighted by atomic mass is 10.1. The highest BCUT2D eigenvalue weighted by Crippen LogP contribution is 2.02. The Bertz CT molecular complexity index is 150. The topological polar surface area (TPSA) is 26.3 Å². The Morgan fingerprint density at radius 1 is 1.60 bits per heavy atom. The van der Waals surface area contributed by atoms with Crippen molar-refractivity contribution < 1.29 is 9.22 Å². The minimum atomic E-state index is -0.180. The zero-order valence-electron chi connectivity index (χ0n) is 6.97. The van der Waals surface area contributed by atoms with Crippen LogP contribution in [0.5, 0.6) is 0 Å². The zero-order valence-corrected chi connectivity index (χ0v) is 8.97. The van der Waals surface area contributed by atoms with Crippen LogP contribution >= 0.6 is 0 Å². The van der Waals surface area contributed by atoms with Gasteiger partial charge in [0.2, 0.25) is 10.5 Å². The van der Waals surface area contributed by atoms with Gasteiger partial charge in [-0.25, -0.2) is 4.79 Å². The largest absolute Gasteiger partial charge is 0.526 e. The van der Waals surface area contributed by atoms with E-state index in [2.05, 4.69) is 4.43 Å². The molecule has 0 N–H and O–H groups in total. The average Bonchev–Trinajstić information content (AvgIpc) is 1.85. The van der Waals surface area contributed by atoms with Crippen molar-refractivity contribution in [2.45, 2.75) is 20.8 Å². The first-order valence-corrected chi connectivity index (χ1v) is 4.16. The summed E-state index contributed by atoms with van der Waals surface area (Å²) in [6.07, 6.45) is 1.90. The summed E-state index contributed by atoms with van der Waals surface area (Å²) in [6.45, 7) is 5.84. The Balaban J connectivity index is 4.05. The van der Waals surface area contributed by atoms with Crippen LogP contribution < -0.4 is 0 Å². The Hall–Kier alpha value is -0.573. The Morgan fingerprint density at radius 3 is 2.40 bits per heavy atom. The molecule has 0 radical (unpaired) electrons. The Kier molecular flexibility index (Phi) is 4.03. The number of hydrogen-bond donors (Lipinski definition) is 0. The lowest BCUT2D eigenvalue weighted by molar-refractivity contribution is -0.129. The van der Waals surface area contributed by atoms with Crippen LogP contribution in [0.25, 0.3) is 0 Å². The predicted octanol–water partition coefficient (Wildman–Crippen LogP) is 0.412. The number of carbonyl (C=O) groups is 1. The van der Waals surface area contributed by atoms with Crippen LogP contribution in [-0.4, -0.2) is 16.5 Å². The van der Waals surface area contributed by atoms with Crippen molar-refractivity contribution in [3.05, 3.63) is 11.6 Å². The van der Waals surface area contributed by atoms with Gasteiger partial charge in [-0.3, -0.25) is 0 Å². The van der Waals surface area contributed by atoms with E-state index >= 15 is 0 Å². The summed E-state index contributed by atoms with van der Waals surface area (Å²) >= 11 is 0. The van der Waals surface area contributed by atoms with Crippen molar-refractivity contribution >= 4 is 16.5 Å². The van der Waals surface area contributed by atoms with Gasteiger partial charge in [0.15, 0.2) is 0 Å². The van der Waals surface area contributed by atoms with Crippen molar-refractivity contribution in [1.29, 1.82) is 0 Å². The van der Waals surface area contributed by atoms with Crippen molar-refractivity contribution in [3.63, 3.8) is 0 Å². The van der Waals surface area contributed by atoms with Crippen LogP contribution in [0.1, 0.15) is 20.8 Å². The average molecular weight is 158 g/mol. The lowest BCUT2D eigenvalue weighted by Gasteiger charge is -2.00. The molecule has 0 heterocycles. The van der Waals surface area contributed by atoms with Crippen LogP contribution in [0.15, 0.2) is 11.6 Å². The number of allylic oxidation sites excluding steroid dienone is 1. The van der Waals surface area contributed by atoms with E-state index < -0.39 is 0 Å². The number of hydrogen-bond acceptors (Lipinski definition) is 2. The minimum Gasteiger partial charge on any atom is -0.526 e. The first-order valence-electron chi connectivity index (χ1n) is 3.34. The smallest absolute Gasteiger partial charge is 0.319 e. The van der Waals surface area contributed by atoms with E-state index in [4.69, 9.17) is 0 Å². The van der Waals surface area contributed by atoms with Gasteiger partial charge in [0, 0.05) is 5.57 Å². The second kappa shape index (κ2) is 4.28. The first kappa shape index (κ1) is 9.43. The van der Waals surface area contributed by atoms with Gasteiger partial charge in [-0.05, 0) is 12.8 Å². The Morgan fingerprint density at radius 2 is 2.10 bits per heavy atom. The van der Waals surface area contributed by atoms with Crippen molar-refractivity contribution in [1.82, 2.24) is 0 Å². The van der Waals surface area contributed by atoms with Gasteiger partial charge in [0.1, 0.15) is 0 Å². The zero-order chi connectivity index (χ0) is 8.15. The quantitative estimate of drug-likeness (QED) is 0.430. The van der Waals surface area contributed by atoms with E-state index in [1.807, 2.05) is 19.9 Å². The first-order chi connectivity index (χ1) is 4.57. The maximum Gasteiger partial charge on any atom is 0.319 e. The fraction of sp³-hybridized carbons (Fsp3) is 0.571. The molecule has 2 nitrogen and oxygen atoms in total. The second-order valence-electron chi connectivity index (χ2n) is 2.59. The van der Waals surface area contributed by atoms with E-state index in [1.165, 1.54) is 0 Å². The molecule has 0 saturated carbocycles. The molecular weight excluding hydrogens is 144 g/mol. The molecule has 0 rings (SSSR count). The molecule has 0 spiro atoms. The highest BCUT2D eigenvalue weighted by molar-refractivity contribution is 6.09. The van der Waals surface area contributed by atoms with E-state index in [-0.39, 0.29) is 5.97 Å². The fourth-order valence-corrected chi connectivity index (χ4v) is 1.05. The van der Waals surface area contributed by atoms with E-state index in [1.54, 1.807) is 6.92 Å². The van der Waals surface area contributed by atoms with Gasteiger partial charge in [-0.2, -0.15) is 0 Å². The molecule has 0 aromatic heterocycles.